The van der Waals surface area contributed by atoms with E-state index < -0.39 is 0 Å². The molecule has 158 valence electrons. The number of rotatable bonds is 3. The number of nitrogens with one attached hydrogen (secondary N) is 1. The second-order valence-electron chi connectivity index (χ2n) is 9.19. The minimum atomic E-state index is 0.0496. The smallest absolute Gasteiger partial charge is 0.321 e. The first-order valence-corrected chi connectivity index (χ1v) is 11.3. The second kappa shape index (κ2) is 8.40. The number of carbonyl (C=O) groups excluding carboxylic acids is 1. The number of benzene rings is 2. The van der Waals surface area contributed by atoms with Crippen molar-refractivity contribution < 1.29 is 4.79 Å². The molecule has 0 spiro atoms. The number of fused-ring (bicyclic) bond motifs is 3. The minimum Gasteiger partial charge on any atom is -0.324 e. The van der Waals surface area contributed by atoms with Gasteiger partial charge >= 0.3 is 6.03 Å². The number of amides is 2. The van der Waals surface area contributed by atoms with Crippen molar-refractivity contribution in [1.82, 2.24) is 14.7 Å². The minimum absolute atomic E-state index is 0.0496. The number of piperazine rings is 1. The fourth-order valence-corrected chi connectivity index (χ4v) is 5.22. The quantitative estimate of drug-likeness (QED) is 0.723. The van der Waals surface area contributed by atoms with Gasteiger partial charge in [-0.15, -0.1) is 0 Å². The van der Waals surface area contributed by atoms with Crippen LogP contribution in [0, 0.1) is 5.92 Å². The Balaban J connectivity index is 1.19. The maximum atomic E-state index is 13.0. The van der Waals surface area contributed by atoms with E-state index in [1.54, 1.807) is 0 Å². The molecular formula is C25H32N4O. The molecule has 0 aromatic heterocycles. The van der Waals surface area contributed by atoms with Gasteiger partial charge in [0.2, 0.25) is 0 Å². The van der Waals surface area contributed by atoms with Crippen LogP contribution in [0.1, 0.15) is 24.0 Å². The van der Waals surface area contributed by atoms with Crippen molar-refractivity contribution >= 4 is 11.7 Å². The summed E-state index contributed by atoms with van der Waals surface area (Å²) in [6.45, 7) is 7.45. The van der Waals surface area contributed by atoms with Crippen molar-refractivity contribution in [3.05, 3.63) is 53.6 Å². The SMILES string of the molecule is CN1CCN(CC2CCCN(C(=O)Nc3ccc4c(c3)Cc3ccccc3-4)C2)CC1. The lowest BCUT2D eigenvalue weighted by Gasteiger charge is -2.38. The van der Waals surface area contributed by atoms with E-state index >= 15 is 0 Å². The molecule has 5 heteroatoms. The molecule has 2 heterocycles. The van der Waals surface area contributed by atoms with Crippen LogP contribution in [0.4, 0.5) is 10.5 Å². The molecule has 1 unspecified atom stereocenters. The Morgan fingerprint density at radius 1 is 1.00 bits per heavy atom. The molecule has 2 aromatic rings. The van der Waals surface area contributed by atoms with Crippen LogP contribution in [-0.4, -0.2) is 73.6 Å². The molecule has 1 N–H and O–H groups in total. The van der Waals surface area contributed by atoms with Crippen molar-refractivity contribution in [1.29, 1.82) is 0 Å². The molecule has 2 aliphatic heterocycles. The predicted octanol–water partition coefficient (Wildman–Crippen LogP) is 3.75. The molecule has 2 amide bonds. The molecular weight excluding hydrogens is 372 g/mol. The molecule has 2 saturated heterocycles. The molecule has 2 fully saturated rings. The molecule has 30 heavy (non-hydrogen) atoms. The topological polar surface area (TPSA) is 38.8 Å². The van der Waals surface area contributed by atoms with Gasteiger partial charge in [-0.25, -0.2) is 4.79 Å². The third kappa shape index (κ3) is 4.09. The zero-order valence-electron chi connectivity index (χ0n) is 17.9. The van der Waals surface area contributed by atoms with Crippen LogP contribution in [-0.2, 0) is 6.42 Å². The summed E-state index contributed by atoms with van der Waals surface area (Å²) in [5.41, 5.74) is 6.22. The number of hydrogen-bond donors (Lipinski definition) is 1. The van der Waals surface area contributed by atoms with Gasteiger partial charge in [0.1, 0.15) is 0 Å². The Labute approximate surface area is 179 Å². The number of carbonyl (C=O) groups is 1. The zero-order chi connectivity index (χ0) is 20.5. The zero-order valence-corrected chi connectivity index (χ0v) is 17.9. The van der Waals surface area contributed by atoms with E-state index in [1.165, 1.54) is 28.7 Å². The van der Waals surface area contributed by atoms with Crippen LogP contribution < -0.4 is 5.32 Å². The second-order valence-corrected chi connectivity index (χ2v) is 9.19. The summed E-state index contributed by atoms with van der Waals surface area (Å²) < 4.78 is 0. The highest BCUT2D eigenvalue weighted by molar-refractivity contribution is 5.90. The largest absolute Gasteiger partial charge is 0.324 e. The molecule has 5 nitrogen and oxygen atoms in total. The van der Waals surface area contributed by atoms with Gasteiger partial charge in [-0.2, -0.15) is 0 Å². The average molecular weight is 405 g/mol. The maximum Gasteiger partial charge on any atom is 0.321 e. The van der Waals surface area contributed by atoms with E-state index in [1.807, 2.05) is 11.0 Å². The van der Waals surface area contributed by atoms with E-state index in [2.05, 4.69) is 58.6 Å². The summed E-state index contributed by atoms with van der Waals surface area (Å²) >= 11 is 0. The Hall–Kier alpha value is -2.37. The number of likely N-dealkylation sites (N-methyl/N-ethyl adjacent to an activating group) is 1. The molecule has 2 aromatic carbocycles. The fraction of sp³-hybridized carbons (Fsp3) is 0.480. The Bertz CT molecular complexity index is 919. The summed E-state index contributed by atoms with van der Waals surface area (Å²) in [6, 6.07) is 15.0. The number of nitrogens with zero attached hydrogens (tertiary/aromatic N) is 3. The van der Waals surface area contributed by atoms with Crippen molar-refractivity contribution in [2.45, 2.75) is 19.3 Å². The first-order valence-electron chi connectivity index (χ1n) is 11.3. The first-order chi connectivity index (χ1) is 14.7. The van der Waals surface area contributed by atoms with E-state index in [-0.39, 0.29) is 6.03 Å². The summed E-state index contributed by atoms with van der Waals surface area (Å²) in [5, 5.41) is 3.16. The van der Waals surface area contributed by atoms with Crippen LogP contribution in [0.3, 0.4) is 0 Å². The highest BCUT2D eigenvalue weighted by Crippen LogP contribution is 2.37. The number of urea groups is 1. The summed E-state index contributed by atoms with van der Waals surface area (Å²) in [4.78, 5) is 20.0. The van der Waals surface area contributed by atoms with Gasteiger partial charge in [-0.3, -0.25) is 0 Å². The van der Waals surface area contributed by atoms with Gasteiger partial charge in [0.25, 0.3) is 0 Å². The lowest BCUT2D eigenvalue weighted by molar-refractivity contribution is 0.109. The summed E-state index contributed by atoms with van der Waals surface area (Å²) in [6.07, 6.45) is 3.28. The lowest BCUT2D eigenvalue weighted by atomic mass is 9.97. The normalized spacial score (nSPS) is 21.9. The highest BCUT2D eigenvalue weighted by Gasteiger charge is 2.26. The van der Waals surface area contributed by atoms with Crippen LogP contribution in [0.2, 0.25) is 0 Å². The Kier molecular flexibility index (Phi) is 5.48. The average Bonchev–Trinajstić information content (AvgIpc) is 3.13. The molecule has 0 bridgehead atoms. The summed E-state index contributed by atoms with van der Waals surface area (Å²) in [7, 11) is 2.20. The number of hydrogen-bond acceptors (Lipinski definition) is 3. The van der Waals surface area contributed by atoms with E-state index in [4.69, 9.17) is 0 Å². The van der Waals surface area contributed by atoms with Gasteiger partial charge in [0.05, 0.1) is 0 Å². The van der Waals surface area contributed by atoms with Gasteiger partial charge < -0.3 is 20.0 Å². The molecule has 1 atom stereocenters. The number of piperidine rings is 1. The number of anilines is 1. The van der Waals surface area contributed by atoms with Crippen LogP contribution >= 0.6 is 0 Å². The van der Waals surface area contributed by atoms with E-state index in [0.29, 0.717) is 5.92 Å². The number of likely N-dealkylation sites (tertiary alicyclic amines) is 1. The first kappa shape index (κ1) is 19.6. The maximum absolute atomic E-state index is 13.0. The van der Waals surface area contributed by atoms with Gasteiger partial charge in [-0.1, -0.05) is 30.3 Å². The Morgan fingerprint density at radius 3 is 2.67 bits per heavy atom. The molecule has 3 aliphatic rings. The van der Waals surface area contributed by atoms with Crippen molar-refractivity contribution in [2.75, 3.05) is 58.2 Å². The predicted molar refractivity (Wildman–Crippen MR) is 122 cm³/mol. The molecule has 5 rings (SSSR count). The third-order valence-electron chi connectivity index (χ3n) is 6.96. The fourth-order valence-electron chi connectivity index (χ4n) is 5.22. The standard InChI is InChI=1S/C25H32N4O/c1-27-11-13-28(14-12-27)17-19-5-4-10-29(18-19)25(30)26-22-8-9-24-21(16-22)15-20-6-2-3-7-23(20)24/h2-3,6-9,16,19H,4-5,10-15,17-18H2,1H3,(H,26,30). The molecule has 0 radical (unpaired) electrons. The van der Waals surface area contributed by atoms with Crippen molar-refractivity contribution in [2.24, 2.45) is 5.92 Å². The highest BCUT2D eigenvalue weighted by atomic mass is 16.2. The van der Waals surface area contributed by atoms with Crippen molar-refractivity contribution in [3.8, 4) is 11.1 Å². The van der Waals surface area contributed by atoms with Gasteiger partial charge in [0, 0.05) is 51.5 Å². The van der Waals surface area contributed by atoms with E-state index in [9.17, 15) is 4.79 Å². The van der Waals surface area contributed by atoms with E-state index in [0.717, 1.165) is 64.3 Å². The van der Waals surface area contributed by atoms with Gasteiger partial charge in [-0.05, 0) is 66.6 Å². The van der Waals surface area contributed by atoms with Crippen LogP contribution in [0.5, 0.6) is 0 Å². The summed E-state index contributed by atoms with van der Waals surface area (Å²) in [5.74, 6) is 0.586. The Morgan fingerprint density at radius 2 is 1.80 bits per heavy atom. The lowest BCUT2D eigenvalue weighted by Crippen LogP contribution is -2.49. The monoisotopic (exact) mass is 404 g/mol. The molecule has 1 aliphatic carbocycles. The molecule has 0 saturated carbocycles. The van der Waals surface area contributed by atoms with Gasteiger partial charge in [0.15, 0.2) is 0 Å². The van der Waals surface area contributed by atoms with Crippen LogP contribution in [0.25, 0.3) is 11.1 Å². The van der Waals surface area contributed by atoms with Crippen molar-refractivity contribution in [3.63, 3.8) is 0 Å². The van der Waals surface area contributed by atoms with Crippen LogP contribution in [0.15, 0.2) is 42.5 Å². The third-order valence-corrected chi connectivity index (χ3v) is 6.96.